The Morgan fingerprint density at radius 1 is 1.03 bits per heavy atom. The first-order chi connectivity index (χ1) is 15.5. The Bertz CT molecular complexity index is 790. The van der Waals surface area contributed by atoms with Gasteiger partial charge in [-0.25, -0.2) is 0 Å². The molecule has 4 nitrogen and oxygen atoms in total. The summed E-state index contributed by atoms with van der Waals surface area (Å²) in [6.45, 7) is 13.1. The molecule has 1 N–H and O–H groups in total. The van der Waals surface area contributed by atoms with E-state index in [1.807, 2.05) is 73.7 Å². The topological polar surface area (TPSA) is 47.9 Å². The van der Waals surface area contributed by atoms with Crippen molar-refractivity contribution >= 4 is 0 Å². The van der Waals surface area contributed by atoms with E-state index in [1.54, 1.807) is 0 Å². The molecule has 0 spiro atoms. The molecule has 0 radical (unpaired) electrons. The number of rotatable bonds is 16. The zero-order valence-electron chi connectivity index (χ0n) is 19.5. The smallest absolute Gasteiger partial charge is 0.110 e. The molecule has 0 bridgehead atoms. The monoisotopic (exact) mass is 438 g/mol. The molecule has 174 valence electrons. The van der Waals surface area contributed by atoms with Crippen LogP contribution in [0.4, 0.5) is 0 Å². The van der Waals surface area contributed by atoms with Crippen molar-refractivity contribution in [3.05, 3.63) is 96.6 Å². The predicted octanol–water partition coefficient (Wildman–Crippen LogP) is 5.86. The Balaban J connectivity index is 2.17. The van der Waals surface area contributed by atoms with Gasteiger partial charge in [0.1, 0.15) is 6.10 Å². The minimum Gasteiger partial charge on any atom is -0.394 e. The normalized spacial score (nSPS) is 15.0. The van der Waals surface area contributed by atoms with E-state index in [0.29, 0.717) is 26.2 Å². The van der Waals surface area contributed by atoms with Gasteiger partial charge >= 0.3 is 0 Å². The summed E-state index contributed by atoms with van der Waals surface area (Å²) < 4.78 is 19.0. The van der Waals surface area contributed by atoms with Gasteiger partial charge in [-0.1, -0.05) is 72.3 Å². The third kappa shape index (κ3) is 9.09. The van der Waals surface area contributed by atoms with Gasteiger partial charge in [-0.2, -0.15) is 0 Å². The Morgan fingerprint density at radius 3 is 2.16 bits per heavy atom. The van der Waals surface area contributed by atoms with Crippen molar-refractivity contribution in [1.82, 2.24) is 0 Å². The summed E-state index contributed by atoms with van der Waals surface area (Å²) >= 11 is 0. The predicted molar refractivity (Wildman–Crippen MR) is 130 cm³/mol. The van der Waals surface area contributed by atoms with Crippen molar-refractivity contribution in [2.45, 2.75) is 64.1 Å². The summed E-state index contributed by atoms with van der Waals surface area (Å²) in [7, 11) is 0. The quantitative estimate of drug-likeness (QED) is 0.334. The van der Waals surface area contributed by atoms with Crippen LogP contribution in [-0.4, -0.2) is 36.1 Å². The lowest BCUT2D eigenvalue weighted by Gasteiger charge is -2.39. The third-order valence-corrected chi connectivity index (χ3v) is 5.45. The summed E-state index contributed by atoms with van der Waals surface area (Å²) in [5.74, 6) is 0. The van der Waals surface area contributed by atoms with E-state index in [-0.39, 0.29) is 18.8 Å². The van der Waals surface area contributed by atoms with Crippen molar-refractivity contribution in [2.75, 3.05) is 13.2 Å². The van der Waals surface area contributed by atoms with Crippen LogP contribution in [0.2, 0.25) is 0 Å². The van der Waals surface area contributed by atoms with Gasteiger partial charge in [-0.05, 0) is 44.2 Å². The molecule has 4 heteroatoms. The van der Waals surface area contributed by atoms with E-state index >= 15 is 0 Å². The molecule has 3 atom stereocenters. The Labute approximate surface area is 193 Å². The van der Waals surface area contributed by atoms with Crippen molar-refractivity contribution in [2.24, 2.45) is 0 Å². The highest BCUT2D eigenvalue weighted by Gasteiger charge is 2.37. The molecule has 0 unspecified atom stereocenters. The minimum atomic E-state index is -0.622. The van der Waals surface area contributed by atoms with Crippen LogP contribution >= 0.6 is 0 Å². The highest BCUT2D eigenvalue weighted by Crippen LogP contribution is 2.29. The summed E-state index contributed by atoms with van der Waals surface area (Å²) in [6.07, 6.45) is 3.26. The summed E-state index contributed by atoms with van der Waals surface area (Å²) in [5.41, 5.74) is 2.54. The van der Waals surface area contributed by atoms with Crippen LogP contribution in [-0.2, 0) is 27.4 Å². The lowest BCUT2D eigenvalue weighted by Crippen LogP contribution is -2.48. The second-order valence-corrected chi connectivity index (χ2v) is 8.51. The van der Waals surface area contributed by atoms with Gasteiger partial charge in [0.25, 0.3) is 0 Å². The van der Waals surface area contributed by atoms with E-state index in [4.69, 9.17) is 14.2 Å². The molecular weight excluding hydrogens is 400 g/mol. The molecule has 0 aliphatic carbocycles. The molecule has 0 fully saturated rings. The zero-order valence-corrected chi connectivity index (χ0v) is 19.5. The van der Waals surface area contributed by atoms with Crippen LogP contribution in [0.15, 0.2) is 85.5 Å². The van der Waals surface area contributed by atoms with Crippen LogP contribution in [0.5, 0.6) is 0 Å². The molecule has 0 saturated carbocycles. The van der Waals surface area contributed by atoms with Crippen molar-refractivity contribution in [3.8, 4) is 0 Å². The standard InChI is InChI=1S/C28H38O4/c1-5-6-17-28(4,31-21-25-15-11-8-12-16-25)27(32-26(19-29)18-23(2)3)22-30-20-24-13-9-7-10-14-24/h5,7-16,26-27,29H,1-2,6,17-22H2,3-4H3/t26-,27-,28-/m1/s1. The molecule has 0 amide bonds. The Kier molecular flexibility index (Phi) is 11.4. The maximum absolute atomic E-state index is 9.91. The van der Waals surface area contributed by atoms with Gasteiger partial charge in [0, 0.05) is 0 Å². The van der Waals surface area contributed by atoms with Crippen LogP contribution in [0.3, 0.4) is 0 Å². The van der Waals surface area contributed by atoms with Crippen LogP contribution in [0, 0.1) is 0 Å². The lowest BCUT2D eigenvalue weighted by molar-refractivity contribution is -0.189. The fourth-order valence-electron chi connectivity index (χ4n) is 3.53. The molecule has 0 aromatic heterocycles. The Morgan fingerprint density at radius 2 is 1.62 bits per heavy atom. The number of allylic oxidation sites excluding steroid dienone is 1. The average Bonchev–Trinajstić information content (AvgIpc) is 2.81. The molecule has 0 saturated heterocycles. The van der Waals surface area contributed by atoms with E-state index in [2.05, 4.69) is 20.1 Å². The number of aliphatic hydroxyl groups is 1. The fraction of sp³-hybridized carbons (Fsp3) is 0.429. The van der Waals surface area contributed by atoms with Gasteiger partial charge in [-0.15, -0.1) is 13.2 Å². The second-order valence-electron chi connectivity index (χ2n) is 8.51. The maximum atomic E-state index is 9.91. The van der Waals surface area contributed by atoms with Crippen LogP contribution in [0.25, 0.3) is 0 Å². The Hall–Kier alpha value is -2.24. The second kappa shape index (κ2) is 14.0. The van der Waals surface area contributed by atoms with Gasteiger partial charge < -0.3 is 19.3 Å². The van der Waals surface area contributed by atoms with Crippen LogP contribution in [0.1, 0.15) is 44.2 Å². The van der Waals surface area contributed by atoms with Crippen LogP contribution < -0.4 is 0 Å². The summed E-state index contributed by atoms with van der Waals surface area (Å²) in [5, 5.41) is 9.91. The largest absolute Gasteiger partial charge is 0.394 e. The van der Waals surface area contributed by atoms with Crippen molar-refractivity contribution in [3.63, 3.8) is 0 Å². The maximum Gasteiger partial charge on any atom is 0.110 e. The van der Waals surface area contributed by atoms with Crippen molar-refractivity contribution < 1.29 is 19.3 Å². The summed E-state index contributed by atoms with van der Waals surface area (Å²) in [4.78, 5) is 0. The molecule has 2 aromatic rings. The fourth-order valence-corrected chi connectivity index (χ4v) is 3.53. The van der Waals surface area contributed by atoms with E-state index in [0.717, 1.165) is 29.5 Å². The van der Waals surface area contributed by atoms with E-state index in [9.17, 15) is 5.11 Å². The first kappa shape index (κ1) is 26.0. The first-order valence-electron chi connectivity index (χ1n) is 11.3. The van der Waals surface area contributed by atoms with Crippen molar-refractivity contribution in [1.29, 1.82) is 0 Å². The molecular formula is C28H38O4. The zero-order chi connectivity index (χ0) is 23.2. The molecule has 0 heterocycles. The van der Waals surface area contributed by atoms with E-state index in [1.165, 1.54) is 0 Å². The minimum absolute atomic E-state index is 0.0851. The number of hydrogen-bond acceptors (Lipinski definition) is 4. The molecule has 2 aromatic carbocycles. The van der Waals surface area contributed by atoms with E-state index < -0.39 is 5.60 Å². The third-order valence-electron chi connectivity index (χ3n) is 5.45. The van der Waals surface area contributed by atoms with Gasteiger partial charge in [0.15, 0.2) is 0 Å². The molecule has 0 aliphatic heterocycles. The highest BCUT2D eigenvalue weighted by atomic mass is 16.6. The average molecular weight is 439 g/mol. The first-order valence-corrected chi connectivity index (χ1v) is 11.3. The lowest BCUT2D eigenvalue weighted by atomic mass is 9.92. The molecule has 32 heavy (non-hydrogen) atoms. The van der Waals surface area contributed by atoms with Gasteiger partial charge in [0.2, 0.25) is 0 Å². The van der Waals surface area contributed by atoms with Gasteiger partial charge in [0.05, 0.1) is 38.1 Å². The number of benzene rings is 2. The SMILES string of the molecule is C=CCC[C@@](C)(OCc1ccccc1)[C@@H](COCc1ccccc1)O[C@@H](CO)CC(=C)C. The highest BCUT2D eigenvalue weighted by molar-refractivity contribution is 5.14. The molecule has 2 rings (SSSR count). The molecule has 0 aliphatic rings. The summed E-state index contributed by atoms with van der Waals surface area (Å²) in [6, 6.07) is 20.2. The number of aliphatic hydroxyl groups excluding tert-OH is 1. The number of ether oxygens (including phenoxy) is 3. The number of hydrogen-bond donors (Lipinski definition) is 1. The van der Waals surface area contributed by atoms with Gasteiger partial charge in [-0.3, -0.25) is 0 Å².